The Balaban J connectivity index is 1.96. The summed E-state index contributed by atoms with van der Waals surface area (Å²) in [6, 6.07) is 0. The number of ether oxygens (including phenoxy) is 1. The molecule has 1 aromatic heterocycles. The molecule has 1 aliphatic heterocycles. The summed E-state index contributed by atoms with van der Waals surface area (Å²) in [7, 11) is -1.54. The number of H-pyrrole nitrogens is 1. The molecule has 0 aromatic carbocycles. The van der Waals surface area contributed by atoms with Gasteiger partial charge in [-0.3, -0.25) is 5.10 Å². The van der Waals surface area contributed by atoms with Crippen molar-refractivity contribution in [2.24, 2.45) is 0 Å². The van der Waals surface area contributed by atoms with Crippen LogP contribution in [0.5, 0.6) is 0 Å². The van der Waals surface area contributed by atoms with Crippen LogP contribution in [0.2, 0.25) is 0 Å². The van der Waals surface area contributed by atoms with Gasteiger partial charge in [0, 0.05) is 38.1 Å². The molecule has 1 aliphatic rings. The maximum Gasteiger partial charge on any atom is 0.214 e. The average Bonchev–Trinajstić information content (AvgIpc) is 2.71. The maximum absolute atomic E-state index is 12.3. The molecule has 1 N–H and O–H groups in total. The minimum atomic E-state index is -3.17. The molecule has 2 rings (SSSR count). The summed E-state index contributed by atoms with van der Waals surface area (Å²) < 4.78 is 31.1. The first kappa shape index (κ1) is 14.5. The first-order valence-corrected chi connectivity index (χ1v) is 8.22. The van der Waals surface area contributed by atoms with Crippen LogP contribution < -0.4 is 0 Å². The fourth-order valence-electron chi connectivity index (χ4n) is 2.29. The zero-order valence-corrected chi connectivity index (χ0v) is 12.1. The van der Waals surface area contributed by atoms with E-state index in [1.165, 1.54) is 0 Å². The molecule has 0 atom stereocenters. The molecule has 0 fully saturated rings. The van der Waals surface area contributed by atoms with Crippen LogP contribution in [-0.2, 0) is 27.7 Å². The molecule has 0 unspecified atom stereocenters. The highest BCUT2D eigenvalue weighted by atomic mass is 32.2. The van der Waals surface area contributed by atoms with Crippen LogP contribution >= 0.6 is 0 Å². The molecule has 0 amide bonds. The summed E-state index contributed by atoms with van der Waals surface area (Å²) in [5.74, 6) is 0.198. The second-order valence-corrected chi connectivity index (χ2v) is 6.92. The lowest BCUT2D eigenvalue weighted by Crippen LogP contribution is -2.32. The van der Waals surface area contributed by atoms with Crippen molar-refractivity contribution in [3.8, 4) is 0 Å². The number of methoxy groups -OCH3 is 1. The summed E-state index contributed by atoms with van der Waals surface area (Å²) in [6.45, 7) is 1.65. The van der Waals surface area contributed by atoms with Gasteiger partial charge >= 0.3 is 0 Å². The SMILES string of the molecule is COCCCCS(=O)(=O)N1CCCc2[nH]ncc2C1. The van der Waals surface area contributed by atoms with E-state index in [0.29, 0.717) is 26.1 Å². The van der Waals surface area contributed by atoms with Gasteiger partial charge in [0.05, 0.1) is 11.9 Å². The lowest BCUT2D eigenvalue weighted by molar-refractivity contribution is 0.194. The number of hydrogen-bond acceptors (Lipinski definition) is 4. The zero-order valence-electron chi connectivity index (χ0n) is 11.3. The monoisotopic (exact) mass is 287 g/mol. The molecule has 0 radical (unpaired) electrons. The lowest BCUT2D eigenvalue weighted by Gasteiger charge is -2.19. The molecule has 7 heteroatoms. The molecular weight excluding hydrogens is 266 g/mol. The van der Waals surface area contributed by atoms with E-state index in [1.54, 1.807) is 17.6 Å². The average molecular weight is 287 g/mol. The van der Waals surface area contributed by atoms with Crippen LogP contribution in [-0.4, -0.2) is 48.9 Å². The third-order valence-electron chi connectivity index (χ3n) is 3.38. The van der Waals surface area contributed by atoms with Crippen molar-refractivity contribution in [1.29, 1.82) is 0 Å². The molecule has 0 saturated carbocycles. The highest BCUT2D eigenvalue weighted by molar-refractivity contribution is 7.89. The Hall–Kier alpha value is -0.920. The Morgan fingerprint density at radius 2 is 2.32 bits per heavy atom. The van der Waals surface area contributed by atoms with Crippen molar-refractivity contribution >= 4 is 10.0 Å². The number of hydrogen-bond donors (Lipinski definition) is 1. The largest absolute Gasteiger partial charge is 0.385 e. The molecule has 0 saturated heterocycles. The number of nitrogens with zero attached hydrogens (tertiary/aromatic N) is 2. The molecule has 0 aliphatic carbocycles. The summed E-state index contributed by atoms with van der Waals surface area (Å²) in [5.41, 5.74) is 2.06. The number of unbranched alkanes of at least 4 members (excludes halogenated alkanes) is 1. The van der Waals surface area contributed by atoms with Gasteiger partial charge in [0.15, 0.2) is 0 Å². The van der Waals surface area contributed by atoms with E-state index in [1.807, 2.05) is 0 Å². The van der Waals surface area contributed by atoms with Gasteiger partial charge in [-0.15, -0.1) is 0 Å². The van der Waals surface area contributed by atoms with E-state index in [0.717, 1.165) is 30.5 Å². The fraction of sp³-hybridized carbons (Fsp3) is 0.750. The van der Waals surface area contributed by atoms with Gasteiger partial charge in [0.1, 0.15) is 0 Å². The van der Waals surface area contributed by atoms with Crippen LogP contribution in [0.25, 0.3) is 0 Å². The Morgan fingerprint density at radius 3 is 3.11 bits per heavy atom. The first-order chi connectivity index (χ1) is 9.13. The van der Waals surface area contributed by atoms with E-state index in [9.17, 15) is 8.42 Å². The Kier molecular flexibility index (Phi) is 4.95. The van der Waals surface area contributed by atoms with Gasteiger partial charge in [0.2, 0.25) is 10.0 Å². The molecule has 0 spiro atoms. The summed E-state index contributed by atoms with van der Waals surface area (Å²) in [5, 5.41) is 6.93. The van der Waals surface area contributed by atoms with Gasteiger partial charge in [-0.1, -0.05) is 0 Å². The highest BCUT2D eigenvalue weighted by Gasteiger charge is 2.25. The molecule has 2 heterocycles. The van der Waals surface area contributed by atoms with Crippen molar-refractivity contribution in [2.75, 3.05) is 26.0 Å². The normalized spacial score (nSPS) is 17.1. The van der Waals surface area contributed by atoms with Gasteiger partial charge < -0.3 is 4.74 Å². The number of sulfonamides is 1. The highest BCUT2D eigenvalue weighted by Crippen LogP contribution is 2.19. The van der Waals surface area contributed by atoms with Crippen LogP contribution in [0, 0.1) is 0 Å². The Labute approximate surface area is 114 Å². The quantitative estimate of drug-likeness (QED) is 0.789. The van der Waals surface area contributed by atoms with E-state index in [-0.39, 0.29) is 5.75 Å². The topological polar surface area (TPSA) is 75.3 Å². The van der Waals surface area contributed by atoms with E-state index >= 15 is 0 Å². The lowest BCUT2D eigenvalue weighted by atomic mass is 10.2. The third kappa shape index (κ3) is 3.77. The zero-order chi connectivity index (χ0) is 13.7. The second-order valence-electron chi connectivity index (χ2n) is 4.83. The Bertz CT molecular complexity index is 498. The molecular formula is C12H21N3O3S. The van der Waals surface area contributed by atoms with E-state index in [4.69, 9.17) is 4.74 Å². The number of aromatic nitrogens is 2. The molecule has 108 valence electrons. The molecule has 1 aromatic rings. The van der Waals surface area contributed by atoms with Gasteiger partial charge in [0.25, 0.3) is 0 Å². The van der Waals surface area contributed by atoms with Gasteiger partial charge in [-0.25, -0.2) is 8.42 Å². The number of rotatable bonds is 6. The van der Waals surface area contributed by atoms with Crippen molar-refractivity contribution in [1.82, 2.24) is 14.5 Å². The number of aryl methyl sites for hydroxylation is 1. The predicted octanol–water partition coefficient (Wildman–Crippen LogP) is 0.914. The minimum Gasteiger partial charge on any atom is -0.385 e. The smallest absolute Gasteiger partial charge is 0.214 e. The number of nitrogens with one attached hydrogen (secondary N) is 1. The van der Waals surface area contributed by atoms with Crippen LogP contribution in [0.4, 0.5) is 0 Å². The van der Waals surface area contributed by atoms with E-state index in [2.05, 4.69) is 10.2 Å². The van der Waals surface area contributed by atoms with Crippen molar-refractivity contribution < 1.29 is 13.2 Å². The number of aromatic amines is 1. The second kappa shape index (κ2) is 6.49. The van der Waals surface area contributed by atoms with Crippen LogP contribution in [0.1, 0.15) is 30.5 Å². The summed E-state index contributed by atoms with van der Waals surface area (Å²) >= 11 is 0. The molecule has 19 heavy (non-hydrogen) atoms. The van der Waals surface area contributed by atoms with Crippen LogP contribution in [0.15, 0.2) is 6.20 Å². The standard InChI is InChI=1S/C12H21N3O3S/c1-18-7-2-3-8-19(16,17)15-6-4-5-12-11(10-15)9-13-14-12/h9H,2-8,10H2,1H3,(H,13,14). The fourth-order valence-corrected chi connectivity index (χ4v) is 3.86. The van der Waals surface area contributed by atoms with Gasteiger partial charge in [-0.2, -0.15) is 9.40 Å². The first-order valence-electron chi connectivity index (χ1n) is 6.61. The molecule has 6 nitrogen and oxygen atoms in total. The number of fused-ring (bicyclic) bond motifs is 1. The van der Waals surface area contributed by atoms with Crippen molar-refractivity contribution in [3.05, 3.63) is 17.5 Å². The molecule has 0 bridgehead atoms. The van der Waals surface area contributed by atoms with Crippen molar-refractivity contribution in [2.45, 2.75) is 32.2 Å². The third-order valence-corrected chi connectivity index (χ3v) is 5.29. The maximum atomic E-state index is 12.3. The summed E-state index contributed by atoms with van der Waals surface area (Å²) in [6.07, 6.45) is 4.86. The Morgan fingerprint density at radius 1 is 1.47 bits per heavy atom. The summed E-state index contributed by atoms with van der Waals surface area (Å²) in [4.78, 5) is 0. The van der Waals surface area contributed by atoms with Crippen molar-refractivity contribution in [3.63, 3.8) is 0 Å². The minimum absolute atomic E-state index is 0.198. The van der Waals surface area contributed by atoms with Gasteiger partial charge in [-0.05, 0) is 25.7 Å². The van der Waals surface area contributed by atoms with Crippen LogP contribution in [0.3, 0.4) is 0 Å². The van der Waals surface area contributed by atoms with E-state index < -0.39 is 10.0 Å². The predicted molar refractivity (Wildman–Crippen MR) is 72.2 cm³/mol.